The average Bonchev–Trinajstić information content (AvgIpc) is 2.96. The molecule has 2 fully saturated rings. The first-order valence-electron chi connectivity index (χ1n) is 14.1. The SMILES string of the molecule is CC.CC.CC.Cc1ccnc(NCC2CCCCN2)c1.Cc1ccnc(NCC2CNCCO2)c1. The molecule has 4 N–H and O–H groups in total. The molecule has 2 aromatic rings. The molecule has 2 aliphatic rings. The van der Waals surface area contributed by atoms with Crippen molar-refractivity contribution in [3.63, 3.8) is 0 Å². The van der Waals surface area contributed by atoms with E-state index in [1.54, 1.807) is 0 Å². The number of hydrogen-bond donors (Lipinski definition) is 4. The van der Waals surface area contributed by atoms with Gasteiger partial charge in [-0.3, -0.25) is 0 Å². The third-order valence-electron chi connectivity index (χ3n) is 5.29. The number of nitrogens with one attached hydrogen (secondary N) is 4. The summed E-state index contributed by atoms with van der Waals surface area (Å²) in [5.74, 6) is 1.91. The second-order valence-corrected chi connectivity index (χ2v) is 8.04. The van der Waals surface area contributed by atoms with Crippen LogP contribution in [0.3, 0.4) is 0 Å². The Kier molecular flexibility index (Phi) is 21.8. The van der Waals surface area contributed by atoms with Gasteiger partial charge in [0.15, 0.2) is 0 Å². The topological polar surface area (TPSA) is 83.1 Å². The Morgan fingerprint density at radius 3 is 1.89 bits per heavy atom. The molecule has 0 radical (unpaired) electrons. The molecule has 2 aromatic heterocycles. The molecule has 36 heavy (non-hydrogen) atoms. The lowest BCUT2D eigenvalue weighted by atomic mass is 10.1. The van der Waals surface area contributed by atoms with E-state index in [0.717, 1.165) is 51.0 Å². The fourth-order valence-electron chi connectivity index (χ4n) is 3.56. The Morgan fingerprint density at radius 2 is 1.42 bits per heavy atom. The van der Waals surface area contributed by atoms with Crippen LogP contribution in [-0.2, 0) is 4.74 Å². The monoisotopic (exact) mass is 502 g/mol. The van der Waals surface area contributed by atoms with E-state index < -0.39 is 0 Å². The van der Waals surface area contributed by atoms with Gasteiger partial charge in [-0.25, -0.2) is 9.97 Å². The highest BCUT2D eigenvalue weighted by atomic mass is 16.5. The summed E-state index contributed by atoms with van der Waals surface area (Å²) in [4.78, 5) is 8.52. The Bertz CT molecular complexity index is 683. The molecule has 0 aliphatic carbocycles. The lowest BCUT2D eigenvalue weighted by molar-refractivity contribution is 0.0372. The molecule has 2 atom stereocenters. The molecule has 0 bridgehead atoms. The van der Waals surface area contributed by atoms with E-state index in [1.165, 1.54) is 30.4 Å². The minimum Gasteiger partial charge on any atom is -0.374 e. The summed E-state index contributed by atoms with van der Waals surface area (Å²) in [6.45, 7) is 21.8. The number of morpholine rings is 1. The predicted molar refractivity (Wildman–Crippen MR) is 157 cm³/mol. The molecule has 0 amide bonds. The van der Waals surface area contributed by atoms with Crippen LogP contribution >= 0.6 is 0 Å². The number of piperidine rings is 1. The maximum Gasteiger partial charge on any atom is 0.126 e. The van der Waals surface area contributed by atoms with Gasteiger partial charge in [-0.2, -0.15) is 0 Å². The number of rotatable bonds is 6. The summed E-state index contributed by atoms with van der Waals surface area (Å²) >= 11 is 0. The van der Waals surface area contributed by atoms with Crippen LogP contribution in [0.15, 0.2) is 36.7 Å². The number of anilines is 2. The number of aryl methyl sites for hydroxylation is 2. The molecule has 0 saturated carbocycles. The number of pyridine rings is 2. The van der Waals surface area contributed by atoms with Gasteiger partial charge in [0, 0.05) is 44.6 Å². The first-order chi connectivity index (χ1) is 17.7. The lowest BCUT2D eigenvalue weighted by Gasteiger charge is -2.23. The first-order valence-corrected chi connectivity index (χ1v) is 14.1. The summed E-state index contributed by atoms with van der Waals surface area (Å²) in [6.07, 6.45) is 7.86. The van der Waals surface area contributed by atoms with Gasteiger partial charge in [0.2, 0.25) is 0 Å². The van der Waals surface area contributed by atoms with Crippen molar-refractivity contribution in [3.8, 4) is 0 Å². The molecule has 7 nitrogen and oxygen atoms in total. The van der Waals surface area contributed by atoms with Crippen molar-refractivity contribution < 1.29 is 4.74 Å². The highest BCUT2D eigenvalue weighted by Gasteiger charge is 2.13. The van der Waals surface area contributed by atoms with Gasteiger partial charge in [-0.15, -0.1) is 0 Å². The van der Waals surface area contributed by atoms with E-state index in [-0.39, 0.29) is 6.10 Å². The minimum atomic E-state index is 0.251. The summed E-state index contributed by atoms with van der Waals surface area (Å²) in [5.41, 5.74) is 2.47. The molecule has 2 aliphatic heterocycles. The second-order valence-electron chi connectivity index (χ2n) is 8.04. The molecule has 206 valence electrons. The van der Waals surface area contributed by atoms with Crippen molar-refractivity contribution in [1.29, 1.82) is 0 Å². The third kappa shape index (κ3) is 15.7. The van der Waals surface area contributed by atoms with E-state index in [0.29, 0.717) is 6.04 Å². The normalized spacial score (nSPS) is 18.2. The van der Waals surface area contributed by atoms with Gasteiger partial charge in [0.05, 0.1) is 12.7 Å². The summed E-state index contributed by atoms with van der Waals surface area (Å²) in [7, 11) is 0. The summed E-state index contributed by atoms with van der Waals surface area (Å²) in [6, 6.07) is 8.74. The lowest BCUT2D eigenvalue weighted by Crippen LogP contribution is -2.42. The van der Waals surface area contributed by atoms with Gasteiger partial charge in [-0.05, 0) is 68.6 Å². The van der Waals surface area contributed by atoms with Crippen LogP contribution in [0.1, 0.15) is 71.9 Å². The maximum absolute atomic E-state index is 5.58. The van der Waals surface area contributed by atoms with Crippen molar-refractivity contribution in [1.82, 2.24) is 20.6 Å². The predicted octanol–water partition coefficient (Wildman–Crippen LogP) is 5.81. The first kappa shape index (κ1) is 33.8. The highest BCUT2D eigenvalue weighted by molar-refractivity contribution is 5.37. The Hall–Kier alpha value is -2.22. The fraction of sp³-hybridized carbons (Fsp3) is 0.655. The highest BCUT2D eigenvalue weighted by Crippen LogP contribution is 2.10. The van der Waals surface area contributed by atoms with Crippen molar-refractivity contribution in [2.75, 3.05) is 50.0 Å². The number of ether oxygens (including phenoxy) is 1. The largest absolute Gasteiger partial charge is 0.374 e. The van der Waals surface area contributed by atoms with Gasteiger partial charge in [0.1, 0.15) is 11.6 Å². The van der Waals surface area contributed by atoms with E-state index >= 15 is 0 Å². The van der Waals surface area contributed by atoms with Crippen LogP contribution < -0.4 is 21.3 Å². The smallest absolute Gasteiger partial charge is 0.126 e. The van der Waals surface area contributed by atoms with Gasteiger partial charge in [-0.1, -0.05) is 48.0 Å². The molecular weight excluding hydrogens is 448 g/mol. The van der Waals surface area contributed by atoms with Gasteiger partial charge < -0.3 is 26.0 Å². The molecule has 2 unspecified atom stereocenters. The third-order valence-corrected chi connectivity index (χ3v) is 5.29. The minimum absolute atomic E-state index is 0.251. The van der Waals surface area contributed by atoms with Crippen molar-refractivity contribution >= 4 is 11.6 Å². The van der Waals surface area contributed by atoms with E-state index in [9.17, 15) is 0 Å². The number of aromatic nitrogens is 2. The van der Waals surface area contributed by atoms with E-state index in [1.807, 2.05) is 72.1 Å². The Labute approximate surface area is 221 Å². The maximum atomic E-state index is 5.58. The molecule has 4 heterocycles. The van der Waals surface area contributed by atoms with Crippen LogP contribution in [0.5, 0.6) is 0 Å². The molecule has 0 aromatic carbocycles. The molecule has 7 heteroatoms. The van der Waals surface area contributed by atoms with Crippen LogP contribution in [0, 0.1) is 13.8 Å². The summed E-state index contributed by atoms with van der Waals surface area (Å²) < 4.78 is 5.58. The molecule has 4 rings (SSSR count). The second kappa shape index (κ2) is 23.2. The number of hydrogen-bond acceptors (Lipinski definition) is 7. The molecule has 0 spiro atoms. The zero-order chi connectivity index (χ0) is 27.0. The van der Waals surface area contributed by atoms with Crippen LogP contribution in [0.2, 0.25) is 0 Å². The van der Waals surface area contributed by atoms with Crippen LogP contribution in [0.25, 0.3) is 0 Å². The Morgan fingerprint density at radius 1 is 0.833 bits per heavy atom. The van der Waals surface area contributed by atoms with E-state index in [4.69, 9.17) is 4.74 Å². The quantitative estimate of drug-likeness (QED) is 0.396. The zero-order valence-corrected chi connectivity index (χ0v) is 24.3. The van der Waals surface area contributed by atoms with Gasteiger partial charge >= 0.3 is 0 Å². The van der Waals surface area contributed by atoms with Gasteiger partial charge in [0.25, 0.3) is 0 Å². The van der Waals surface area contributed by atoms with Crippen LogP contribution in [-0.4, -0.2) is 61.4 Å². The average molecular weight is 503 g/mol. The van der Waals surface area contributed by atoms with E-state index in [2.05, 4.69) is 51.1 Å². The fourth-order valence-corrected chi connectivity index (χ4v) is 3.56. The van der Waals surface area contributed by atoms with Crippen molar-refractivity contribution in [3.05, 3.63) is 47.8 Å². The standard InChI is InChI=1S/C12H19N3.C11H17N3O.3C2H6/c1-10-5-7-14-12(8-10)15-9-11-4-2-3-6-13-11;1-9-2-3-13-11(6-9)14-8-10-7-12-4-5-15-10;3*1-2/h5,7-8,11,13H,2-4,6,9H2,1H3,(H,14,15);2-3,6,10,12H,4-5,7-8H2,1H3,(H,13,14);3*1-2H3. The summed E-state index contributed by atoms with van der Waals surface area (Å²) in [5, 5.41) is 13.5. The molecule has 2 saturated heterocycles. The Balaban J connectivity index is 0.000000564. The molecular formula is C29H54N6O. The van der Waals surface area contributed by atoms with Crippen molar-refractivity contribution in [2.45, 2.75) is 86.8 Å². The number of nitrogens with zero attached hydrogens (tertiary/aromatic N) is 2. The zero-order valence-electron chi connectivity index (χ0n) is 24.3. The van der Waals surface area contributed by atoms with Crippen molar-refractivity contribution in [2.24, 2.45) is 0 Å². The van der Waals surface area contributed by atoms with Crippen LogP contribution in [0.4, 0.5) is 11.6 Å².